The fourth-order valence-electron chi connectivity index (χ4n) is 0.769. The minimum absolute atomic E-state index is 0.419. The Kier molecular flexibility index (Phi) is 1.58. The van der Waals surface area contributed by atoms with Gasteiger partial charge in [-0.2, -0.15) is 4.98 Å². The highest BCUT2D eigenvalue weighted by molar-refractivity contribution is 9.10. The molecule has 2 rings (SSSR count). The molecule has 2 aromatic rings. The van der Waals surface area contributed by atoms with E-state index in [-0.39, 0.29) is 0 Å². The van der Waals surface area contributed by atoms with Crippen molar-refractivity contribution in [2.45, 2.75) is 0 Å². The lowest BCUT2D eigenvalue weighted by molar-refractivity contribution is 0.570. The predicted octanol–water partition coefficient (Wildman–Crippen LogP) is 2.64. The standard InChI is InChI=1S/C6H2BrClN2O/c7-6-10-5-4(11-6)1-3(8)2-9-5/h1-2H. The summed E-state index contributed by atoms with van der Waals surface area (Å²) in [5.74, 6) is 0. The zero-order chi connectivity index (χ0) is 7.84. The molecule has 2 heterocycles. The topological polar surface area (TPSA) is 38.9 Å². The SMILES string of the molecule is Clc1cnc2nc(Br)oc2c1. The summed E-state index contributed by atoms with van der Waals surface area (Å²) < 4.78 is 5.11. The van der Waals surface area contributed by atoms with Crippen molar-refractivity contribution in [2.75, 3.05) is 0 Å². The average Bonchev–Trinajstić information content (AvgIpc) is 2.27. The maximum absolute atomic E-state index is 5.66. The van der Waals surface area contributed by atoms with Gasteiger partial charge in [0.1, 0.15) is 0 Å². The molecule has 0 saturated carbocycles. The molecule has 11 heavy (non-hydrogen) atoms. The van der Waals surface area contributed by atoms with Gasteiger partial charge in [0.2, 0.25) is 0 Å². The van der Waals surface area contributed by atoms with Crippen LogP contribution in [0.5, 0.6) is 0 Å². The number of oxazole rings is 1. The summed E-state index contributed by atoms with van der Waals surface area (Å²) in [6, 6.07) is 1.67. The number of hydrogen-bond acceptors (Lipinski definition) is 3. The van der Waals surface area contributed by atoms with Crippen molar-refractivity contribution in [2.24, 2.45) is 0 Å². The van der Waals surface area contributed by atoms with Gasteiger partial charge in [0.05, 0.1) is 5.02 Å². The lowest BCUT2D eigenvalue weighted by Gasteiger charge is -1.84. The van der Waals surface area contributed by atoms with Crippen LogP contribution >= 0.6 is 27.5 Å². The van der Waals surface area contributed by atoms with Gasteiger partial charge in [-0.25, -0.2) is 4.98 Å². The van der Waals surface area contributed by atoms with E-state index in [9.17, 15) is 0 Å². The first-order valence-corrected chi connectivity index (χ1v) is 4.00. The van der Waals surface area contributed by atoms with Gasteiger partial charge in [0, 0.05) is 28.2 Å². The Bertz CT molecular complexity index is 400. The molecule has 3 nitrogen and oxygen atoms in total. The van der Waals surface area contributed by atoms with Gasteiger partial charge in [-0.3, -0.25) is 0 Å². The maximum atomic E-state index is 5.66. The molecular formula is C6H2BrClN2O. The monoisotopic (exact) mass is 232 g/mol. The van der Waals surface area contributed by atoms with E-state index in [1.807, 2.05) is 0 Å². The van der Waals surface area contributed by atoms with Crippen LogP contribution in [0.15, 0.2) is 21.5 Å². The van der Waals surface area contributed by atoms with Crippen LogP contribution in [0.1, 0.15) is 0 Å². The van der Waals surface area contributed by atoms with Crippen LogP contribution < -0.4 is 0 Å². The predicted molar refractivity (Wildman–Crippen MR) is 44.5 cm³/mol. The summed E-state index contributed by atoms with van der Waals surface area (Å²) in [6.07, 6.45) is 1.53. The van der Waals surface area contributed by atoms with Gasteiger partial charge in [-0.1, -0.05) is 11.6 Å². The molecule has 0 aliphatic carbocycles. The molecule has 0 N–H and O–H groups in total. The van der Waals surface area contributed by atoms with Crippen LogP contribution in [0.2, 0.25) is 5.02 Å². The smallest absolute Gasteiger partial charge is 0.266 e. The fourth-order valence-corrected chi connectivity index (χ4v) is 1.26. The molecule has 0 radical (unpaired) electrons. The number of fused-ring (bicyclic) bond motifs is 1. The lowest BCUT2D eigenvalue weighted by atomic mass is 10.5. The molecule has 2 aromatic heterocycles. The second-order valence-corrected chi connectivity index (χ2v) is 3.06. The van der Waals surface area contributed by atoms with Crippen LogP contribution in [-0.4, -0.2) is 9.97 Å². The van der Waals surface area contributed by atoms with E-state index in [0.717, 1.165) is 0 Å². The third kappa shape index (κ3) is 1.23. The molecule has 0 aliphatic rings. The quantitative estimate of drug-likeness (QED) is 0.702. The van der Waals surface area contributed by atoms with Gasteiger partial charge in [0.15, 0.2) is 11.2 Å². The molecule has 0 spiro atoms. The highest BCUT2D eigenvalue weighted by atomic mass is 79.9. The Balaban J connectivity index is 2.82. The third-order valence-corrected chi connectivity index (χ3v) is 1.73. The van der Waals surface area contributed by atoms with Crippen LogP contribution in [-0.2, 0) is 0 Å². The Morgan fingerprint density at radius 3 is 3.18 bits per heavy atom. The minimum Gasteiger partial charge on any atom is -0.429 e. The van der Waals surface area contributed by atoms with Gasteiger partial charge in [-0.15, -0.1) is 0 Å². The van der Waals surface area contributed by atoms with Gasteiger partial charge >= 0.3 is 0 Å². The van der Waals surface area contributed by atoms with Crippen molar-refractivity contribution in [3.63, 3.8) is 0 Å². The third-order valence-electron chi connectivity index (χ3n) is 1.19. The van der Waals surface area contributed by atoms with E-state index >= 15 is 0 Å². The molecule has 0 aromatic carbocycles. The number of rotatable bonds is 0. The van der Waals surface area contributed by atoms with Crippen molar-refractivity contribution < 1.29 is 4.42 Å². The number of pyridine rings is 1. The molecule has 5 heteroatoms. The normalized spacial score (nSPS) is 10.7. The summed E-state index contributed by atoms with van der Waals surface area (Å²) in [4.78, 5) is 8.29. The van der Waals surface area contributed by atoms with E-state index in [1.165, 1.54) is 6.20 Å². The first kappa shape index (κ1) is 7.06. The van der Waals surface area contributed by atoms with E-state index < -0.39 is 0 Å². The molecule has 0 atom stereocenters. The van der Waals surface area contributed by atoms with Crippen LogP contribution in [0.4, 0.5) is 0 Å². The number of halogens is 2. The first-order chi connectivity index (χ1) is 5.25. The molecule has 56 valence electrons. The van der Waals surface area contributed by atoms with Crippen molar-refractivity contribution in [3.05, 3.63) is 22.1 Å². The van der Waals surface area contributed by atoms with Crippen LogP contribution in [0.25, 0.3) is 11.2 Å². The first-order valence-electron chi connectivity index (χ1n) is 2.83. The molecule has 0 saturated heterocycles. The Morgan fingerprint density at radius 1 is 1.55 bits per heavy atom. The lowest BCUT2D eigenvalue weighted by Crippen LogP contribution is -1.73. The summed E-state index contributed by atoms with van der Waals surface area (Å²) in [7, 11) is 0. The zero-order valence-electron chi connectivity index (χ0n) is 5.21. The maximum Gasteiger partial charge on any atom is 0.266 e. The van der Waals surface area contributed by atoms with Crippen molar-refractivity contribution in [1.29, 1.82) is 0 Å². The molecular weight excluding hydrogens is 231 g/mol. The Labute approximate surface area is 75.5 Å². The number of aromatic nitrogens is 2. The van der Waals surface area contributed by atoms with E-state index in [4.69, 9.17) is 16.0 Å². The molecule has 0 aliphatic heterocycles. The Morgan fingerprint density at radius 2 is 2.36 bits per heavy atom. The number of hydrogen-bond donors (Lipinski definition) is 0. The summed E-state index contributed by atoms with van der Waals surface area (Å²) in [6.45, 7) is 0. The van der Waals surface area contributed by atoms with Crippen molar-refractivity contribution in [3.8, 4) is 0 Å². The van der Waals surface area contributed by atoms with E-state index in [1.54, 1.807) is 6.07 Å². The minimum atomic E-state index is 0.419. The molecule has 0 bridgehead atoms. The molecule has 0 unspecified atom stereocenters. The molecule has 0 fully saturated rings. The van der Waals surface area contributed by atoms with Crippen molar-refractivity contribution >= 4 is 38.8 Å². The van der Waals surface area contributed by atoms with Gasteiger partial charge < -0.3 is 4.42 Å². The largest absolute Gasteiger partial charge is 0.429 e. The van der Waals surface area contributed by atoms with Crippen molar-refractivity contribution in [1.82, 2.24) is 9.97 Å². The highest BCUT2D eigenvalue weighted by Gasteiger charge is 2.03. The zero-order valence-corrected chi connectivity index (χ0v) is 7.56. The molecule has 0 amide bonds. The van der Waals surface area contributed by atoms with Crippen LogP contribution in [0.3, 0.4) is 0 Å². The summed E-state index contributed by atoms with van der Waals surface area (Å²) in [5.41, 5.74) is 1.14. The highest BCUT2D eigenvalue weighted by Crippen LogP contribution is 2.19. The summed E-state index contributed by atoms with van der Waals surface area (Å²) >= 11 is 8.75. The second-order valence-electron chi connectivity index (χ2n) is 1.94. The summed E-state index contributed by atoms with van der Waals surface area (Å²) in [5, 5.41) is 0.543. The van der Waals surface area contributed by atoms with E-state index in [2.05, 4.69) is 25.9 Å². The van der Waals surface area contributed by atoms with Gasteiger partial charge in [-0.05, 0) is 0 Å². The Hall–Kier alpha value is -0.610. The second kappa shape index (κ2) is 2.46. The van der Waals surface area contributed by atoms with E-state index in [0.29, 0.717) is 21.1 Å². The average molecular weight is 233 g/mol. The fraction of sp³-hybridized carbons (Fsp3) is 0. The van der Waals surface area contributed by atoms with Gasteiger partial charge in [0.25, 0.3) is 4.80 Å². The number of nitrogens with zero attached hydrogens (tertiary/aromatic N) is 2. The van der Waals surface area contributed by atoms with Crippen LogP contribution in [0, 0.1) is 0 Å².